The van der Waals surface area contributed by atoms with Gasteiger partial charge >= 0.3 is 11.8 Å². The third-order valence-electron chi connectivity index (χ3n) is 1.24. The Bertz CT molecular complexity index is 286. The summed E-state index contributed by atoms with van der Waals surface area (Å²) in [6.07, 6.45) is 0. The lowest BCUT2D eigenvalue weighted by atomic mass is 10.5. The molecule has 0 unspecified atom stereocenters. The van der Waals surface area contributed by atoms with Crippen molar-refractivity contribution >= 4 is 18.3 Å². The van der Waals surface area contributed by atoms with Gasteiger partial charge in [-0.15, -0.1) is 12.4 Å². The highest BCUT2D eigenvalue weighted by molar-refractivity contribution is 5.89. The molecule has 0 saturated heterocycles. The SMILES string of the molecule is CN(C)C(=O)c1nc(CN)no1.Cl. The number of halogens is 1. The zero-order valence-electron chi connectivity index (χ0n) is 7.35. The molecule has 0 spiro atoms. The highest BCUT2D eigenvalue weighted by Crippen LogP contribution is 1.98. The molecule has 2 N–H and O–H groups in total. The van der Waals surface area contributed by atoms with Gasteiger partial charge in [-0.3, -0.25) is 4.79 Å². The number of carbonyl (C=O) groups is 1. The van der Waals surface area contributed by atoms with Crippen LogP contribution in [0.5, 0.6) is 0 Å². The molecule has 0 atom stereocenters. The molecular weight excluding hydrogens is 196 g/mol. The van der Waals surface area contributed by atoms with Crippen molar-refractivity contribution in [1.29, 1.82) is 0 Å². The predicted octanol–water partition coefficient (Wildman–Crippen LogP) is -0.348. The summed E-state index contributed by atoms with van der Waals surface area (Å²) in [6.45, 7) is 0.171. The average molecular weight is 207 g/mol. The maximum absolute atomic E-state index is 11.2. The molecule has 1 aromatic heterocycles. The van der Waals surface area contributed by atoms with E-state index in [2.05, 4.69) is 14.7 Å². The van der Waals surface area contributed by atoms with E-state index in [4.69, 9.17) is 5.73 Å². The van der Waals surface area contributed by atoms with E-state index in [1.807, 2.05) is 0 Å². The van der Waals surface area contributed by atoms with Crippen LogP contribution in [0.3, 0.4) is 0 Å². The van der Waals surface area contributed by atoms with Gasteiger partial charge in [0, 0.05) is 14.1 Å². The van der Waals surface area contributed by atoms with Crippen molar-refractivity contribution in [2.45, 2.75) is 6.54 Å². The fourth-order valence-corrected chi connectivity index (χ4v) is 0.615. The minimum atomic E-state index is -0.317. The Kier molecular flexibility index (Phi) is 4.36. The molecule has 0 bridgehead atoms. The summed E-state index contributed by atoms with van der Waals surface area (Å²) in [4.78, 5) is 16.3. The minimum Gasteiger partial charge on any atom is -0.341 e. The zero-order chi connectivity index (χ0) is 9.14. The normalized spacial score (nSPS) is 9.15. The van der Waals surface area contributed by atoms with Crippen LogP contribution in [0.2, 0.25) is 0 Å². The Labute approximate surface area is 81.5 Å². The number of amides is 1. The molecule has 0 aromatic carbocycles. The second kappa shape index (κ2) is 4.78. The van der Waals surface area contributed by atoms with Gasteiger partial charge < -0.3 is 15.2 Å². The molecule has 1 rings (SSSR count). The monoisotopic (exact) mass is 206 g/mol. The van der Waals surface area contributed by atoms with Gasteiger partial charge in [-0.05, 0) is 0 Å². The first-order chi connectivity index (χ1) is 5.65. The fourth-order valence-electron chi connectivity index (χ4n) is 0.615. The van der Waals surface area contributed by atoms with Crippen LogP contribution in [0, 0.1) is 0 Å². The van der Waals surface area contributed by atoms with Crippen LogP contribution < -0.4 is 5.73 Å². The lowest BCUT2D eigenvalue weighted by Crippen LogP contribution is -2.22. The molecule has 0 saturated carbocycles. The van der Waals surface area contributed by atoms with E-state index >= 15 is 0 Å². The van der Waals surface area contributed by atoms with Crippen LogP contribution in [-0.2, 0) is 6.54 Å². The van der Waals surface area contributed by atoms with E-state index in [0.29, 0.717) is 5.82 Å². The summed E-state index contributed by atoms with van der Waals surface area (Å²) in [5.41, 5.74) is 5.23. The molecule has 0 aliphatic heterocycles. The van der Waals surface area contributed by atoms with E-state index in [1.54, 1.807) is 14.1 Å². The van der Waals surface area contributed by atoms with Crippen molar-refractivity contribution in [3.63, 3.8) is 0 Å². The van der Waals surface area contributed by atoms with Gasteiger partial charge in [0.05, 0.1) is 6.54 Å². The Morgan fingerprint density at radius 3 is 2.62 bits per heavy atom. The first kappa shape index (κ1) is 11.9. The Hall–Kier alpha value is -1.14. The molecule has 0 aliphatic carbocycles. The quantitative estimate of drug-likeness (QED) is 0.715. The molecule has 1 aromatic rings. The summed E-state index contributed by atoms with van der Waals surface area (Å²) in [5, 5.41) is 3.48. The van der Waals surface area contributed by atoms with Crippen LogP contribution in [0.1, 0.15) is 16.5 Å². The van der Waals surface area contributed by atoms with Crippen LogP contribution in [0.15, 0.2) is 4.52 Å². The van der Waals surface area contributed by atoms with Gasteiger partial charge in [-0.1, -0.05) is 5.16 Å². The molecule has 74 valence electrons. The maximum Gasteiger partial charge on any atom is 0.316 e. The summed E-state index contributed by atoms with van der Waals surface area (Å²) < 4.78 is 4.65. The van der Waals surface area contributed by atoms with Crippen LogP contribution in [-0.4, -0.2) is 35.0 Å². The van der Waals surface area contributed by atoms with Gasteiger partial charge in [0.15, 0.2) is 5.82 Å². The molecular formula is C6H11ClN4O2. The maximum atomic E-state index is 11.2. The van der Waals surface area contributed by atoms with Gasteiger partial charge in [-0.25, -0.2) is 0 Å². The lowest BCUT2D eigenvalue weighted by molar-refractivity contribution is 0.0779. The topological polar surface area (TPSA) is 85.2 Å². The molecule has 0 aliphatic rings. The first-order valence-corrected chi connectivity index (χ1v) is 3.39. The van der Waals surface area contributed by atoms with Crippen molar-refractivity contribution < 1.29 is 9.32 Å². The van der Waals surface area contributed by atoms with Crippen molar-refractivity contribution in [1.82, 2.24) is 15.0 Å². The summed E-state index contributed by atoms with van der Waals surface area (Å²) in [7, 11) is 3.21. The van der Waals surface area contributed by atoms with E-state index in [-0.39, 0.29) is 30.7 Å². The smallest absolute Gasteiger partial charge is 0.316 e. The molecule has 0 radical (unpaired) electrons. The van der Waals surface area contributed by atoms with Gasteiger partial charge in [0.2, 0.25) is 0 Å². The fraction of sp³-hybridized carbons (Fsp3) is 0.500. The average Bonchev–Trinajstić information content (AvgIpc) is 2.50. The summed E-state index contributed by atoms with van der Waals surface area (Å²) >= 11 is 0. The minimum absolute atomic E-state index is 0. The second-order valence-electron chi connectivity index (χ2n) is 2.42. The Balaban J connectivity index is 0.00000144. The Morgan fingerprint density at radius 2 is 2.23 bits per heavy atom. The number of nitrogens with zero attached hydrogens (tertiary/aromatic N) is 3. The molecule has 1 heterocycles. The van der Waals surface area contributed by atoms with Crippen molar-refractivity contribution in [2.24, 2.45) is 5.73 Å². The van der Waals surface area contributed by atoms with Crippen molar-refractivity contribution in [3.8, 4) is 0 Å². The van der Waals surface area contributed by atoms with Crippen molar-refractivity contribution in [2.75, 3.05) is 14.1 Å². The van der Waals surface area contributed by atoms with E-state index in [1.165, 1.54) is 4.90 Å². The summed E-state index contributed by atoms with van der Waals surface area (Å²) in [5.74, 6) is -0.0112. The van der Waals surface area contributed by atoms with Crippen LogP contribution in [0.25, 0.3) is 0 Å². The van der Waals surface area contributed by atoms with Crippen LogP contribution in [0.4, 0.5) is 0 Å². The number of nitrogens with two attached hydrogens (primary N) is 1. The molecule has 7 heteroatoms. The largest absolute Gasteiger partial charge is 0.341 e. The van der Waals surface area contributed by atoms with Gasteiger partial charge in [-0.2, -0.15) is 4.98 Å². The predicted molar refractivity (Wildman–Crippen MR) is 47.5 cm³/mol. The molecule has 1 amide bonds. The van der Waals surface area contributed by atoms with Gasteiger partial charge in [0.25, 0.3) is 0 Å². The summed E-state index contributed by atoms with van der Waals surface area (Å²) in [6, 6.07) is 0. The molecule has 13 heavy (non-hydrogen) atoms. The standard InChI is InChI=1S/C6H10N4O2.ClH/c1-10(2)6(11)5-8-4(3-7)9-12-5;/h3,7H2,1-2H3;1H. The highest BCUT2D eigenvalue weighted by atomic mass is 35.5. The van der Waals surface area contributed by atoms with Crippen molar-refractivity contribution in [3.05, 3.63) is 11.7 Å². The first-order valence-electron chi connectivity index (χ1n) is 3.39. The highest BCUT2D eigenvalue weighted by Gasteiger charge is 2.15. The zero-order valence-corrected chi connectivity index (χ0v) is 8.17. The van der Waals surface area contributed by atoms with E-state index in [0.717, 1.165) is 0 Å². The number of hydrogen-bond acceptors (Lipinski definition) is 5. The van der Waals surface area contributed by atoms with E-state index < -0.39 is 0 Å². The third-order valence-corrected chi connectivity index (χ3v) is 1.24. The number of aromatic nitrogens is 2. The Morgan fingerprint density at radius 1 is 1.62 bits per heavy atom. The molecule has 0 fully saturated rings. The lowest BCUT2D eigenvalue weighted by Gasteiger charge is -2.04. The van der Waals surface area contributed by atoms with E-state index in [9.17, 15) is 4.79 Å². The number of carbonyl (C=O) groups excluding carboxylic acids is 1. The second-order valence-corrected chi connectivity index (χ2v) is 2.42. The number of hydrogen-bond donors (Lipinski definition) is 1. The molecule has 6 nitrogen and oxygen atoms in total. The van der Waals surface area contributed by atoms with Crippen LogP contribution >= 0.6 is 12.4 Å². The van der Waals surface area contributed by atoms with Gasteiger partial charge in [0.1, 0.15) is 0 Å². The number of rotatable bonds is 2. The third kappa shape index (κ3) is 2.67.